The lowest BCUT2D eigenvalue weighted by molar-refractivity contribution is -0.149. The average Bonchev–Trinajstić information content (AvgIpc) is 2.83. The van der Waals surface area contributed by atoms with Gasteiger partial charge in [-0.3, -0.25) is 9.69 Å². The van der Waals surface area contributed by atoms with Crippen molar-refractivity contribution in [1.29, 1.82) is 0 Å². The van der Waals surface area contributed by atoms with Crippen molar-refractivity contribution >= 4 is 17.6 Å². The first-order valence-corrected chi connectivity index (χ1v) is 11.4. The Bertz CT molecular complexity index is 1150. The third-order valence-electron chi connectivity index (χ3n) is 5.85. The van der Waals surface area contributed by atoms with Gasteiger partial charge in [0, 0.05) is 42.3 Å². The van der Waals surface area contributed by atoms with Gasteiger partial charge in [0.25, 0.3) is 0 Å². The summed E-state index contributed by atoms with van der Waals surface area (Å²) in [4.78, 5) is 18.8. The van der Waals surface area contributed by atoms with Gasteiger partial charge in [0.2, 0.25) is 5.88 Å². The van der Waals surface area contributed by atoms with E-state index in [0.717, 1.165) is 29.8 Å². The topological polar surface area (TPSA) is 51.7 Å². The maximum Gasteiger partial charge on any atom is 0.323 e. The molecule has 2 aromatic carbocycles. The number of pyridine rings is 1. The van der Waals surface area contributed by atoms with Crippen molar-refractivity contribution in [2.45, 2.75) is 39.5 Å². The number of benzene rings is 2. The zero-order chi connectivity index (χ0) is 23.4. The smallest absolute Gasteiger partial charge is 0.323 e. The molecule has 0 radical (unpaired) electrons. The van der Waals surface area contributed by atoms with Crippen LogP contribution >= 0.6 is 11.6 Å². The van der Waals surface area contributed by atoms with Crippen LogP contribution in [-0.4, -0.2) is 35.0 Å². The predicted octanol–water partition coefficient (Wildman–Crippen LogP) is 5.43. The van der Waals surface area contributed by atoms with E-state index in [2.05, 4.69) is 9.88 Å². The standard InChI is InChI=1S/C26H26ClFN2O3/c1-3-32-26(31)17(2)30-14-13-23-18(15-30)11-12-24(29-23)33-16-19-7-6-9-21(25(19)27)20-8-4-5-10-22(20)28/h4-12,17H,3,13-16H2,1-2H3. The third kappa shape index (κ3) is 5.18. The first kappa shape index (κ1) is 23.2. The molecule has 0 N–H and O–H groups in total. The van der Waals surface area contributed by atoms with E-state index in [4.69, 9.17) is 21.1 Å². The summed E-state index contributed by atoms with van der Waals surface area (Å²) in [5, 5.41) is 0.462. The number of carbonyl (C=O) groups is 1. The molecule has 33 heavy (non-hydrogen) atoms. The summed E-state index contributed by atoms with van der Waals surface area (Å²) in [5.74, 6) is -0.0171. The minimum atomic E-state index is -0.319. The molecule has 0 saturated carbocycles. The number of fused-ring (bicyclic) bond motifs is 1. The Labute approximate surface area is 198 Å². The van der Waals surface area contributed by atoms with Gasteiger partial charge < -0.3 is 9.47 Å². The molecule has 0 spiro atoms. The number of halogens is 2. The molecule has 0 saturated heterocycles. The SMILES string of the molecule is CCOC(=O)C(C)N1CCc2nc(OCc3cccc(-c4ccccc4F)c3Cl)ccc2C1. The Morgan fingerprint density at radius 1 is 1.15 bits per heavy atom. The van der Waals surface area contributed by atoms with Crippen molar-refractivity contribution in [1.82, 2.24) is 9.88 Å². The summed E-state index contributed by atoms with van der Waals surface area (Å²) in [7, 11) is 0. The lowest BCUT2D eigenvalue weighted by Crippen LogP contribution is -2.43. The van der Waals surface area contributed by atoms with Crippen molar-refractivity contribution in [2.75, 3.05) is 13.2 Å². The van der Waals surface area contributed by atoms with Gasteiger partial charge in [0.1, 0.15) is 18.5 Å². The molecular formula is C26H26ClFN2O3. The highest BCUT2D eigenvalue weighted by molar-refractivity contribution is 6.34. The van der Waals surface area contributed by atoms with E-state index < -0.39 is 0 Å². The molecule has 1 aromatic heterocycles. The number of carbonyl (C=O) groups excluding carboxylic acids is 1. The number of rotatable bonds is 7. The lowest BCUT2D eigenvalue weighted by atomic mass is 10.0. The summed E-state index contributed by atoms with van der Waals surface area (Å²) < 4.78 is 25.3. The molecule has 1 atom stereocenters. The van der Waals surface area contributed by atoms with E-state index >= 15 is 0 Å². The molecule has 0 bridgehead atoms. The molecule has 1 aliphatic heterocycles. The Kier molecular flexibility index (Phi) is 7.26. The average molecular weight is 469 g/mol. The largest absolute Gasteiger partial charge is 0.473 e. The van der Waals surface area contributed by atoms with Gasteiger partial charge in [0.15, 0.2) is 0 Å². The zero-order valence-corrected chi connectivity index (χ0v) is 19.4. The molecule has 2 heterocycles. The molecule has 3 aromatic rings. The zero-order valence-electron chi connectivity index (χ0n) is 18.7. The maximum atomic E-state index is 14.2. The summed E-state index contributed by atoms with van der Waals surface area (Å²) >= 11 is 6.58. The van der Waals surface area contributed by atoms with E-state index in [1.165, 1.54) is 6.07 Å². The van der Waals surface area contributed by atoms with E-state index in [9.17, 15) is 9.18 Å². The Morgan fingerprint density at radius 2 is 1.94 bits per heavy atom. The number of esters is 1. The summed E-state index contributed by atoms with van der Waals surface area (Å²) in [5.41, 5.74) is 3.88. The van der Waals surface area contributed by atoms with E-state index in [1.807, 2.05) is 38.1 Å². The van der Waals surface area contributed by atoms with Crippen molar-refractivity contribution in [3.8, 4) is 17.0 Å². The van der Waals surface area contributed by atoms with Crippen LogP contribution in [0.5, 0.6) is 5.88 Å². The van der Waals surface area contributed by atoms with Crippen LogP contribution in [-0.2, 0) is 29.1 Å². The third-order valence-corrected chi connectivity index (χ3v) is 6.29. The van der Waals surface area contributed by atoms with Gasteiger partial charge in [-0.05, 0) is 25.5 Å². The number of hydrogen-bond acceptors (Lipinski definition) is 5. The van der Waals surface area contributed by atoms with Crippen LogP contribution in [0.1, 0.15) is 30.7 Å². The van der Waals surface area contributed by atoms with Gasteiger partial charge in [0.05, 0.1) is 17.3 Å². The Balaban J connectivity index is 1.44. The summed E-state index contributed by atoms with van der Waals surface area (Å²) in [6.07, 6.45) is 0.722. The van der Waals surface area contributed by atoms with Crippen molar-refractivity contribution in [2.24, 2.45) is 0 Å². The first-order valence-electron chi connectivity index (χ1n) is 11.0. The minimum absolute atomic E-state index is 0.205. The van der Waals surface area contributed by atoms with Gasteiger partial charge in [-0.2, -0.15) is 0 Å². The van der Waals surface area contributed by atoms with Gasteiger partial charge in [-0.25, -0.2) is 9.37 Å². The monoisotopic (exact) mass is 468 g/mol. The number of ether oxygens (including phenoxy) is 2. The second-order valence-electron chi connectivity index (χ2n) is 7.95. The lowest BCUT2D eigenvalue weighted by Gasteiger charge is -2.31. The van der Waals surface area contributed by atoms with E-state index in [0.29, 0.717) is 35.2 Å². The van der Waals surface area contributed by atoms with Gasteiger partial charge in [-0.15, -0.1) is 0 Å². The molecule has 7 heteroatoms. The fourth-order valence-corrected chi connectivity index (χ4v) is 4.25. The highest BCUT2D eigenvalue weighted by atomic mass is 35.5. The molecule has 1 unspecified atom stereocenters. The second kappa shape index (κ2) is 10.3. The van der Waals surface area contributed by atoms with E-state index in [1.54, 1.807) is 24.3 Å². The normalized spacial score (nSPS) is 14.4. The van der Waals surface area contributed by atoms with Gasteiger partial charge in [-0.1, -0.05) is 54.1 Å². The van der Waals surface area contributed by atoms with Crippen LogP contribution in [0.3, 0.4) is 0 Å². The molecule has 1 aliphatic rings. The fourth-order valence-electron chi connectivity index (χ4n) is 3.97. The quantitative estimate of drug-likeness (QED) is 0.433. The molecular weight excluding hydrogens is 443 g/mol. The van der Waals surface area contributed by atoms with Gasteiger partial charge >= 0.3 is 5.97 Å². The number of nitrogens with zero attached hydrogens (tertiary/aromatic N) is 2. The molecule has 0 fully saturated rings. The van der Waals surface area contributed by atoms with Crippen molar-refractivity contribution in [3.05, 3.63) is 82.3 Å². The van der Waals surface area contributed by atoms with Crippen molar-refractivity contribution < 1.29 is 18.7 Å². The molecule has 0 aliphatic carbocycles. The molecule has 5 nitrogen and oxygen atoms in total. The van der Waals surface area contributed by atoms with Crippen LogP contribution in [0.2, 0.25) is 5.02 Å². The number of hydrogen-bond donors (Lipinski definition) is 0. The fraction of sp³-hybridized carbons (Fsp3) is 0.308. The number of aromatic nitrogens is 1. The summed E-state index contributed by atoms with van der Waals surface area (Å²) in [6.45, 7) is 5.64. The molecule has 172 valence electrons. The van der Waals surface area contributed by atoms with E-state index in [-0.39, 0.29) is 24.4 Å². The highest BCUT2D eigenvalue weighted by Crippen LogP contribution is 2.33. The first-order chi connectivity index (χ1) is 16.0. The second-order valence-corrected chi connectivity index (χ2v) is 8.33. The molecule has 0 amide bonds. The predicted molar refractivity (Wildman–Crippen MR) is 126 cm³/mol. The van der Waals surface area contributed by atoms with Crippen LogP contribution in [0.25, 0.3) is 11.1 Å². The van der Waals surface area contributed by atoms with Crippen LogP contribution in [0, 0.1) is 5.82 Å². The Morgan fingerprint density at radius 3 is 2.73 bits per heavy atom. The maximum absolute atomic E-state index is 14.2. The van der Waals surface area contributed by atoms with Crippen LogP contribution < -0.4 is 4.74 Å². The highest BCUT2D eigenvalue weighted by Gasteiger charge is 2.27. The van der Waals surface area contributed by atoms with Crippen LogP contribution in [0.4, 0.5) is 4.39 Å². The Hall–Kier alpha value is -2.96. The van der Waals surface area contributed by atoms with Crippen LogP contribution in [0.15, 0.2) is 54.6 Å². The summed E-state index contributed by atoms with van der Waals surface area (Å²) in [6, 6.07) is 15.6. The minimum Gasteiger partial charge on any atom is -0.473 e. The molecule has 4 rings (SSSR count). The van der Waals surface area contributed by atoms with Crippen molar-refractivity contribution in [3.63, 3.8) is 0 Å².